The van der Waals surface area contributed by atoms with Crippen molar-refractivity contribution >= 4 is 17.6 Å². The maximum atomic E-state index is 11.0. The molecule has 0 bridgehead atoms. The second-order valence-corrected chi connectivity index (χ2v) is 5.29. The number of ether oxygens (including phenoxy) is 1. The van der Waals surface area contributed by atoms with E-state index >= 15 is 0 Å². The monoisotopic (exact) mass is 268 g/mol. The fourth-order valence-electron chi connectivity index (χ4n) is 2.39. The second-order valence-electron chi connectivity index (χ2n) is 4.89. The molecule has 0 aromatic heterocycles. The van der Waals surface area contributed by atoms with E-state index in [0.29, 0.717) is 10.9 Å². The summed E-state index contributed by atoms with van der Waals surface area (Å²) in [5, 5.41) is 9.66. The maximum absolute atomic E-state index is 11.0. The Bertz CT molecular complexity index is 466. The summed E-state index contributed by atoms with van der Waals surface area (Å²) in [4.78, 5) is 11.0. The minimum atomic E-state index is -0.775. The molecule has 0 radical (unpaired) electrons. The van der Waals surface area contributed by atoms with Crippen molar-refractivity contribution in [1.29, 1.82) is 0 Å². The van der Waals surface area contributed by atoms with E-state index in [-0.39, 0.29) is 12.3 Å². The number of methoxy groups -OCH3 is 1. The average molecular weight is 269 g/mol. The summed E-state index contributed by atoms with van der Waals surface area (Å²) in [7, 11) is 1.61. The number of halogens is 1. The maximum Gasteiger partial charge on any atom is 0.303 e. The number of hydrogen-bond donors (Lipinski definition) is 1. The molecule has 0 heterocycles. The standard InChI is InChI=1S/C14H17ClO3/c1-8-5-12(15)11(6-13(8)18-2)10(7-14(16)17)9-3-4-9/h5-6,9-10H,3-4,7H2,1-2H3,(H,16,17). The van der Waals surface area contributed by atoms with Crippen molar-refractivity contribution in [2.75, 3.05) is 7.11 Å². The molecule has 1 unspecified atom stereocenters. The lowest BCUT2D eigenvalue weighted by Gasteiger charge is -2.18. The number of carbonyl (C=O) groups is 1. The third kappa shape index (κ3) is 2.78. The summed E-state index contributed by atoms with van der Waals surface area (Å²) >= 11 is 6.26. The number of aliphatic carboxylic acids is 1. The van der Waals surface area contributed by atoms with Crippen molar-refractivity contribution in [2.24, 2.45) is 5.92 Å². The Labute approximate surface area is 112 Å². The van der Waals surface area contributed by atoms with Gasteiger partial charge >= 0.3 is 5.97 Å². The zero-order valence-electron chi connectivity index (χ0n) is 10.6. The normalized spacial score (nSPS) is 16.4. The number of aryl methyl sites for hydroxylation is 1. The van der Waals surface area contributed by atoms with Crippen LogP contribution >= 0.6 is 11.6 Å². The van der Waals surface area contributed by atoms with Gasteiger partial charge in [0.15, 0.2) is 0 Å². The molecular weight excluding hydrogens is 252 g/mol. The highest BCUT2D eigenvalue weighted by Gasteiger charge is 2.35. The number of carboxylic acid groups (broad SMARTS) is 1. The molecule has 1 atom stereocenters. The average Bonchev–Trinajstić information content (AvgIpc) is 3.10. The van der Waals surface area contributed by atoms with Gasteiger partial charge in [-0.3, -0.25) is 4.79 Å². The lowest BCUT2D eigenvalue weighted by Crippen LogP contribution is -2.09. The van der Waals surface area contributed by atoms with Gasteiger partial charge < -0.3 is 9.84 Å². The Morgan fingerprint density at radius 1 is 1.56 bits per heavy atom. The molecule has 3 nitrogen and oxygen atoms in total. The summed E-state index contributed by atoms with van der Waals surface area (Å²) < 4.78 is 5.29. The molecule has 1 N–H and O–H groups in total. The van der Waals surface area contributed by atoms with Crippen LogP contribution in [0.1, 0.15) is 36.3 Å². The van der Waals surface area contributed by atoms with E-state index in [9.17, 15) is 4.79 Å². The molecule has 1 aromatic rings. The lowest BCUT2D eigenvalue weighted by molar-refractivity contribution is -0.137. The highest BCUT2D eigenvalue weighted by atomic mass is 35.5. The number of hydrogen-bond acceptors (Lipinski definition) is 2. The first-order valence-corrected chi connectivity index (χ1v) is 6.46. The molecule has 4 heteroatoms. The molecule has 1 aliphatic rings. The van der Waals surface area contributed by atoms with E-state index in [2.05, 4.69) is 0 Å². The van der Waals surface area contributed by atoms with Gasteiger partial charge in [-0.1, -0.05) is 11.6 Å². The van der Waals surface area contributed by atoms with E-state index in [1.54, 1.807) is 7.11 Å². The molecule has 18 heavy (non-hydrogen) atoms. The highest BCUT2D eigenvalue weighted by Crippen LogP contribution is 2.47. The van der Waals surface area contributed by atoms with Gasteiger partial charge in [0.1, 0.15) is 5.75 Å². The molecule has 1 aliphatic carbocycles. The van der Waals surface area contributed by atoms with Crippen LogP contribution in [0.25, 0.3) is 0 Å². The van der Waals surface area contributed by atoms with Crippen molar-refractivity contribution in [3.8, 4) is 5.75 Å². The number of rotatable bonds is 5. The predicted molar refractivity (Wildman–Crippen MR) is 70.5 cm³/mol. The zero-order valence-corrected chi connectivity index (χ0v) is 11.3. The summed E-state index contributed by atoms with van der Waals surface area (Å²) in [5.74, 6) is 0.448. The van der Waals surface area contributed by atoms with Gasteiger partial charge in [-0.15, -0.1) is 0 Å². The molecule has 1 fully saturated rings. The highest BCUT2D eigenvalue weighted by molar-refractivity contribution is 6.31. The SMILES string of the molecule is COc1cc(C(CC(=O)O)C2CC2)c(Cl)cc1C. The lowest BCUT2D eigenvalue weighted by atomic mass is 9.90. The predicted octanol–water partition coefficient (Wildman–Crippen LogP) is 3.63. The van der Waals surface area contributed by atoms with Crippen molar-refractivity contribution in [3.63, 3.8) is 0 Å². The summed E-state index contributed by atoms with van der Waals surface area (Å²) in [6, 6.07) is 3.75. The molecule has 2 rings (SSSR count). The van der Waals surface area contributed by atoms with E-state index in [1.165, 1.54) is 0 Å². The van der Waals surface area contributed by atoms with Gasteiger partial charge in [0, 0.05) is 5.02 Å². The summed E-state index contributed by atoms with van der Waals surface area (Å²) in [5.41, 5.74) is 1.88. The van der Waals surface area contributed by atoms with Crippen LogP contribution < -0.4 is 4.74 Å². The largest absolute Gasteiger partial charge is 0.496 e. The molecule has 0 saturated heterocycles. The molecule has 1 aromatic carbocycles. The van der Waals surface area contributed by atoms with Crippen molar-refractivity contribution in [3.05, 3.63) is 28.3 Å². The Morgan fingerprint density at radius 2 is 2.22 bits per heavy atom. The fourth-order valence-corrected chi connectivity index (χ4v) is 2.75. The van der Waals surface area contributed by atoms with E-state index in [4.69, 9.17) is 21.4 Å². The smallest absolute Gasteiger partial charge is 0.303 e. The fraction of sp³-hybridized carbons (Fsp3) is 0.500. The molecule has 0 aliphatic heterocycles. The number of benzene rings is 1. The first kappa shape index (κ1) is 13.2. The van der Waals surface area contributed by atoms with Crippen LogP contribution in [-0.2, 0) is 4.79 Å². The van der Waals surface area contributed by atoms with E-state index < -0.39 is 5.97 Å². The summed E-state index contributed by atoms with van der Waals surface area (Å²) in [6.07, 6.45) is 2.31. The van der Waals surface area contributed by atoms with Gasteiger partial charge in [0.2, 0.25) is 0 Å². The minimum absolute atomic E-state index is 0.00417. The third-order valence-electron chi connectivity index (χ3n) is 3.50. The van der Waals surface area contributed by atoms with Crippen molar-refractivity contribution < 1.29 is 14.6 Å². The molecule has 0 spiro atoms. The van der Waals surface area contributed by atoms with Crippen LogP contribution in [0, 0.1) is 12.8 Å². The first-order valence-electron chi connectivity index (χ1n) is 6.08. The molecule has 1 saturated carbocycles. The Hall–Kier alpha value is -1.22. The van der Waals surface area contributed by atoms with Crippen LogP contribution in [0.2, 0.25) is 5.02 Å². The van der Waals surface area contributed by atoms with Gasteiger partial charge in [-0.25, -0.2) is 0 Å². The molecule has 0 amide bonds. The summed E-state index contributed by atoms with van der Waals surface area (Å²) in [6.45, 7) is 1.93. The first-order chi connectivity index (χ1) is 8.52. The van der Waals surface area contributed by atoms with Crippen LogP contribution in [0.15, 0.2) is 12.1 Å². The van der Waals surface area contributed by atoms with Crippen LogP contribution in [0.5, 0.6) is 5.75 Å². The van der Waals surface area contributed by atoms with Crippen molar-refractivity contribution in [1.82, 2.24) is 0 Å². The second kappa shape index (κ2) is 5.19. The Morgan fingerprint density at radius 3 is 2.72 bits per heavy atom. The van der Waals surface area contributed by atoms with Crippen LogP contribution in [0.3, 0.4) is 0 Å². The topological polar surface area (TPSA) is 46.5 Å². The van der Waals surface area contributed by atoms with Gasteiger partial charge in [-0.2, -0.15) is 0 Å². The van der Waals surface area contributed by atoms with Gasteiger partial charge in [-0.05, 0) is 54.9 Å². The van der Waals surface area contributed by atoms with E-state index in [1.807, 2.05) is 19.1 Å². The quantitative estimate of drug-likeness (QED) is 0.887. The molecule has 98 valence electrons. The van der Waals surface area contributed by atoms with Gasteiger partial charge in [0.05, 0.1) is 13.5 Å². The minimum Gasteiger partial charge on any atom is -0.496 e. The Kier molecular flexibility index (Phi) is 3.81. The Balaban J connectivity index is 2.37. The third-order valence-corrected chi connectivity index (χ3v) is 3.83. The van der Waals surface area contributed by atoms with E-state index in [0.717, 1.165) is 29.7 Å². The van der Waals surface area contributed by atoms with Crippen molar-refractivity contribution in [2.45, 2.75) is 32.1 Å². The zero-order chi connectivity index (χ0) is 13.3. The number of carboxylic acids is 1. The van der Waals surface area contributed by atoms with Gasteiger partial charge in [0.25, 0.3) is 0 Å². The molecular formula is C14H17ClO3. The van der Waals surface area contributed by atoms with Crippen LogP contribution in [-0.4, -0.2) is 18.2 Å². The van der Waals surface area contributed by atoms with Crippen LogP contribution in [0.4, 0.5) is 0 Å².